The van der Waals surface area contributed by atoms with E-state index in [-0.39, 0.29) is 12.5 Å². The topological polar surface area (TPSA) is 55.9 Å². The van der Waals surface area contributed by atoms with Gasteiger partial charge in [0.15, 0.2) is 0 Å². The molecule has 0 aliphatic carbocycles. The van der Waals surface area contributed by atoms with Crippen LogP contribution in [0.2, 0.25) is 0 Å². The van der Waals surface area contributed by atoms with E-state index >= 15 is 0 Å². The molecule has 1 aromatic heterocycles. The van der Waals surface area contributed by atoms with Gasteiger partial charge < -0.3 is 0 Å². The first-order valence-corrected chi connectivity index (χ1v) is 4.91. The van der Waals surface area contributed by atoms with Crippen molar-refractivity contribution >= 4 is 0 Å². The molecule has 1 heterocycles. The van der Waals surface area contributed by atoms with Gasteiger partial charge in [-0.2, -0.15) is 18.3 Å². The highest BCUT2D eigenvalue weighted by molar-refractivity contribution is 5.05. The summed E-state index contributed by atoms with van der Waals surface area (Å²) in [5.74, 6) is 5.21. The Morgan fingerprint density at radius 2 is 2.25 bits per heavy atom. The van der Waals surface area contributed by atoms with Crippen molar-refractivity contribution in [2.75, 3.05) is 0 Å². The molecular formula is C9H15F3N4. The van der Waals surface area contributed by atoms with Crippen LogP contribution in [0.5, 0.6) is 0 Å². The Balaban J connectivity index is 2.43. The van der Waals surface area contributed by atoms with E-state index in [1.54, 1.807) is 24.1 Å². The lowest BCUT2D eigenvalue weighted by Gasteiger charge is -2.15. The molecule has 1 rings (SSSR count). The number of alkyl halides is 3. The summed E-state index contributed by atoms with van der Waals surface area (Å²) in [5.41, 5.74) is 3.26. The Morgan fingerprint density at radius 1 is 1.56 bits per heavy atom. The summed E-state index contributed by atoms with van der Waals surface area (Å²) in [4.78, 5) is 0. The molecule has 1 unspecified atom stereocenters. The second-order valence-electron chi connectivity index (χ2n) is 3.74. The van der Waals surface area contributed by atoms with Crippen LogP contribution in [0, 0.1) is 0 Å². The molecule has 0 saturated carbocycles. The third-order valence-electron chi connectivity index (χ3n) is 2.25. The first-order valence-electron chi connectivity index (χ1n) is 4.91. The first kappa shape index (κ1) is 13.0. The Hall–Kier alpha value is -1.08. The minimum absolute atomic E-state index is 0.0328. The van der Waals surface area contributed by atoms with Crippen LogP contribution in [-0.2, 0) is 13.5 Å². The van der Waals surface area contributed by atoms with Gasteiger partial charge >= 0.3 is 6.18 Å². The van der Waals surface area contributed by atoms with E-state index in [0.29, 0.717) is 6.42 Å². The largest absolute Gasteiger partial charge is 0.389 e. The van der Waals surface area contributed by atoms with E-state index in [1.165, 1.54) is 0 Å². The quantitative estimate of drug-likeness (QED) is 0.595. The van der Waals surface area contributed by atoms with Crippen LogP contribution in [0.3, 0.4) is 0 Å². The monoisotopic (exact) mass is 236 g/mol. The van der Waals surface area contributed by atoms with Gasteiger partial charge in [-0.25, -0.2) is 0 Å². The molecule has 0 fully saturated rings. The number of hydrogen-bond acceptors (Lipinski definition) is 3. The van der Waals surface area contributed by atoms with Crippen molar-refractivity contribution in [2.45, 2.75) is 31.5 Å². The van der Waals surface area contributed by atoms with Crippen molar-refractivity contribution < 1.29 is 13.2 Å². The zero-order valence-corrected chi connectivity index (χ0v) is 8.96. The molecule has 0 spiro atoms. The summed E-state index contributed by atoms with van der Waals surface area (Å²) in [7, 11) is 1.75. The Morgan fingerprint density at radius 3 is 2.69 bits per heavy atom. The highest BCUT2D eigenvalue weighted by Crippen LogP contribution is 2.22. The van der Waals surface area contributed by atoms with E-state index in [9.17, 15) is 13.2 Å². The zero-order valence-electron chi connectivity index (χ0n) is 8.96. The highest BCUT2D eigenvalue weighted by atomic mass is 19.4. The van der Waals surface area contributed by atoms with Crippen LogP contribution >= 0.6 is 0 Å². The van der Waals surface area contributed by atoms with Gasteiger partial charge in [0, 0.05) is 25.7 Å². The van der Waals surface area contributed by atoms with Crippen LogP contribution in [0.15, 0.2) is 12.4 Å². The predicted octanol–water partition coefficient (Wildman–Crippen LogP) is 1.14. The molecule has 16 heavy (non-hydrogen) atoms. The zero-order chi connectivity index (χ0) is 12.2. The average Bonchev–Trinajstić information content (AvgIpc) is 2.57. The number of halogens is 3. The molecule has 0 aliphatic heterocycles. The van der Waals surface area contributed by atoms with Gasteiger partial charge in [-0.05, 0) is 18.4 Å². The van der Waals surface area contributed by atoms with Gasteiger partial charge in [0.05, 0.1) is 6.20 Å². The molecule has 3 N–H and O–H groups in total. The van der Waals surface area contributed by atoms with Gasteiger partial charge in [0.25, 0.3) is 0 Å². The predicted molar refractivity (Wildman–Crippen MR) is 53.3 cm³/mol. The highest BCUT2D eigenvalue weighted by Gasteiger charge is 2.28. The summed E-state index contributed by atoms with van der Waals surface area (Å²) in [6, 6.07) is -0.383. The number of nitrogens with one attached hydrogen (secondary N) is 1. The van der Waals surface area contributed by atoms with E-state index < -0.39 is 12.6 Å². The molecule has 4 nitrogen and oxygen atoms in total. The number of nitrogens with zero attached hydrogens (tertiary/aromatic N) is 2. The molecule has 0 amide bonds. The average molecular weight is 236 g/mol. The number of nitrogens with two attached hydrogens (primary N) is 1. The van der Waals surface area contributed by atoms with Crippen LogP contribution < -0.4 is 11.3 Å². The minimum atomic E-state index is -4.13. The summed E-state index contributed by atoms with van der Waals surface area (Å²) in [6.45, 7) is 0. The van der Waals surface area contributed by atoms with Crippen molar-refractivity contribution in [1.82, 2.24) is 15.2 Å². The number of aromatic nitrogens is 2. The van der Waals surface area contributed by atoms with Crippen LogP contribution in [0.4, 0.5) is 13.2 Å². The maximum absolute atomic E-state index is 12.0. The number of hydrogen-bond donors (Lipinski definition) is 2. The fourth-order valence-electron chi connectivity index (χ4n) is 1.44. The van der Waals surface area contributed by atoms with Crippen LogP contribution in [0.1, 0.15) is 18.4 Å². The van der Waals surface area contributed by atoms with Gasteiger partial charge in [-0.3, -0.25) is 16.0 Å². The second kappa shape index (κ2) is 5.31. The van der Waals surface area contributed by atoms with Gasteiger partial charge in [0.1, 0.15) is 0 Å². The molecule has 0 aliphatic rings. The fraction of sp³-hybridized carbons (Fsp3) is 0.667. The first-order chi connectivity index (χ1) is 7.40. The number of aryl methyl sites for hydroxylation is 1. The molecule has 0 radical (unpaired) electrons. The molecule has 0 aromatic carbocycles. The summed E-state index contributed by atoms with van der Waals surface area (Å²) in [5, 5.41) is 3.94. The van der Waals surface area contributed by atoms with Crippen molar-refractivity contribution in [3.63, 3.8) is 0 Å². The SMILES string of the molecule is Cn1cc(CC(CCC(F)(F)F)NN)cn1. The number of rotatable bonds is 5. The Kier molecular flexibility index (Phi) is 4.31. The third-order valence-corrected chi connectivity index (χ3v) is 2.25. The smallest absolute Gasteiger partial charge is 0.276 e. The van der Waals surface area contributed by atoms with Crippen molar-refractivity contribution in [2.24, 2.45) is 12.9 Å². The van der Waals surface area contributed by atoms with Gasteiger partial charge in [-0.15, -0.1) is 0 Å². The molecule has 7 heteroatoms. The van der Waals surface area contributed by atoms with Gasteiger partial charge in [-0.1, -0.05) is 0 Å². The van der Waals surface area contributed by atoms with Gasteiger partial charge in [0.2, 0.25) is 0 Å². The summed E-state index contributed by atoms with van der Waals surface area (Å²) >= 11 is 0. The lowest BCUT2D eigenvalue weighted by molar-refractivity contribution is -0.136. The molecule has 92 valence electrons. The summed E-state index contributed by atoms with van der Waals surface area (Å²) in [6.07, 6.45) is -1.17. The minimum Gasteiger partial charge on any atom is -0.276 e. The molecule has 0 bridgehead atoms. The number of hydrazine groups is 1. The second-order valence-corrected chi connectivity index (χ2v) is 3.74. The van der Waals surface area contributed by atoms with Crippen molar-refractivity contribution in [3.05, 3.63) is 18.0 Å². The Labute approximate surface area is 91.6 Å². The van der Waals surface area contributed by atoms with E-state index in [4.69, 9.17) is 5.84 Å². The molecule has 1 atom stereocenters. The van der Waals surface area contributed by atoms with E-state index in [2.05, 4.69) is 10.5 Å². The maximum atomic E-state index is 12.0. The third kappa shape index (κ3) is 4.63. The lowest BCUT2D eigenvalue weighted by atomic mass is 10.1. The molecular weight excluding hydrogens is 221 g/mol. The molecule has 1 aromatic rings. The maximum Gasteiger partial charge on any atom is 0.389 e. The summed E-state index contributed by atoms with van der Waals surface area (Å²) < 4.78 is 37.6. The standard InChI is InChI=1S/C9H15F3N4/c1-16-6-7(5-14-16)4-8(15-13)2-3-9(10,11)12/h5-6,8,15H,2-4,13H2,1H3. The van der Waals surface area contributed by atoms with Crippen molar-refractivity contribution in [1.29, 1.82) is 0 Å². The van der Waals surface area contributed by atoms with Crippen LogP contribution in [-0.4, -0.2) is 22.0 Å². The Bertz CT molecular complexity index is 321. The van der Waals surface area contributed by atoms with E-state index in [0.717, 1.165) is 5.56 Å². The fourth-order valence-corrected chi connectivity index (χ4v) is 1.44. The van der Waals surface area contributed by atoms with Crippen LogP contribution in [0.25, 0.3) is 0 Å². The van der Waals surface area contributed by atoms with Crippen molar-refractivity contribution in [3.8, 4) is 0 Å². The normalized spacial score (nSPS) is 14.1. The van der Waals surface area contributed by atoms with E-state index in [1.807, 2.05) is 0 Å². The lowest BCUT2D eigenvalue weighted by Crippen LogP contribution is -2.37. The molecule has 0 saturated heterocycles.